The van der Waals surface area contributed by atoms with E-state index < -0.39 is 11.9 Å². The number of benzene rings is 1. The molecule has 1 aromatic heterocycles. The number of carbonyl (C=O) groups excluding carboxylic acids is 1. The minimum atomic E-state index is -0.882. The zero-order valence-corrected chi connectivity index (χ0v) is 19.8. The number of likely N-dealkylation sites (tertiary alicyclic amines) is 1. The highest BCUT2D eigenvalue weighted by molar-refractivity contribution is 5.79. The number of aryl methyl sites for hydroxylation is 2. The lowest BCUT2D eigenvalue weighted by atomic mass is 9.94. The van der Waals surface area contributed by atoms with Gasteiger partial charge in [-0.2, -0.15) is 0 Å². The van der Waals surface area contributed by atoms with E-state index in [2.05, 4.69) is 27.7 Å². The maximum absolute atomic E-state index is 12.4. The number of rotatable bonds is 11. The summed E-state index contributed by atoms with van der Waals surface area (Å²) in [6.45, 7) is 3.91. The molecular weight excluding hydrogens is 428 g/mol. The molecule has 0 radical (unpaired) electrons. The molecule has 2 aliphatic heterocycles. The first-order valence-electron chi connectivity index (χ1n) is 12.6. The van der Waals surface area contributed by atoms with Crippen LogP contribution in [0.15, 0.2) is 42.5 Å². The zero-order valence-electron chi connectivity index (χ0n) is 19.8. The number of carbonyl (C=O) groups is 2. The molecule has 3 N–H and O–H groups in total. The highest BCUT2D eigenvalue weighted by atomic mass is 16.4. The fraction of sp³-hybridized carbons (Fsp3) is 0.519. The molecule has 4 rings (SSSR count). The van der Waals surface area contributed by atoms with Crippen LogP contribution in [-0.2, 0) is 22.4 Å². The number of pyridine rings is 1. The predicted octanol–water partition coefficient (Wildman–Crippen LogP) is 3.60. The summed E-state index contributed by atoms with van der Waals surface area (Å²) in [5.41, 5.74) is 3.24. The van der Waals surface area contributed by atoms with E-state index in [1.807, 2.05) is 30.3 Å². The number of hydrogen-bond donors (Lipinski definition) is 3. The predicted molar refractivity (Wildman–Crippen MR) is 133 cm³/mol. The van der Waals surface area contributed by atoms with Crippen LogP contribution in [0.25, 0.3) is 0 Å². The number of aromatic nitrogens is 1. The summed E-state index contributed by atoms with van der Waals surface area (Å²) in [7, 11) is 0. The van der Waals surface area contributed by atoms with Gasteiger partial charge in [-0.25, -0.2) is 4.98 Å². The first kappa shape index (κ1) is 24.2. The molecule has 1 amide bonds. The quantitative estimate of drug-likeness (QED) is 0.440. The number of hydrogen-bond acceptors (Lipinski definition) is 5. The van der Waals surface area contributed by atoms with Gasteiger partial charge in [0.05, 0.1) is 5.92 Å². The Hall–Kier alpha value is -2.93. The van der Waals surface area contributed by atoms with E-state index in [1.54, 1.807) is 0 Å². The number of nitrogens with zero attached hydrogens (tertiary/aromatic N) is 2. The molecule has 34 heavy (non-hydrogen) atoms. The number of carboxylic acids is 1. The third-order valence-corrected chi connectivity index (χ3v) is 6.91. The normalized spacial score (nSPS) is 18.6. The van der Waals surface area contributed by atoms with E-state index >= 15 is 0 Å². The summed E-state index contributed by atoms with van der Waals surface area (Å²) < 4.78 is 0. The van der Waals surface area contributed by atoms with Gasteiger partial charge in [0.25, 0.3) is 0 Å². The second-order valence-electron chi connectivity index (χ2n) is 9.49. The van der Waals surface area contributed by atoms with Crippen molar-refractivity contribution in [2.45, 2.75) is 63.3 Å². The highest BCUT2D eigenvalue weighted by Crippen LogP contribution is 2.22. The number of unbranched alkanes of at least 4 members (excludes halogenated alkanes) is 1. The number of fused-ring (bicyclic) bond motifs is 1. The molecule has 1 saturated heterocycles. The van der Waals surface area contributed by atoms with Crippen molar-refractivity contribution in [1.29, 1.82) is 0 Å². The topological polar surface area (TPSA) is 94.6 Å². The van der Waals surface area contributed by atoms with Crippen LogP contribution in [0.5, 0.6) is 0 Å². The van der Waals surface area contributed by atoms with Crippen molar-refractivity contribution in [3.63, 3.8) is 0 Å². The van der Waals surface area contributed by atoms with Gasteiger partial charge in [-0.1, -0.05) is 36.4 Å². The lowest BCUT2D eigenvalue weighted by Crippen LogP contribution is -2.37. The van der Waals surface area contributed by atoms with Gasteiger partial charge >= 0.3 is 5.97 Å². The maximum Gasteiger partial charge on any atom is 0.310 e. The van der Waals surface area contributed by atoms with Crippen LogP contribution in [0.4, 0.5) is 5.82 Å². The molecule has 2 aliphatic rings. The van der Waals surface area contributed by atoms with Gasteiger partial charge in [0.1, 0.15) is 5.82 Å². The summed E-state index contributed by atoms with van der Waals surface area (Å²) in [6, 6.07) is 13.7. The average molecular weight is 465 g/mol. The molecule has 2 aromatic rings. The Kier molecular flexibility index (Phi) is 8.52. The van der Waals surface area contributed by atoms with E-state index in [0.29, 0.717) is 6.42 Å². The Bertz CT molecular complexity index is 966. The largest absolute Gasteiger partial charge is 0.481 e. The van der Waals surface area contributed by atoms with Crippen LogP contribution in [-0.4, -0.2) is 59.1 Å². The second kappa shape index (κ2) is 12.0. The molecule has 7 heteroatoms. The SMILES string of the molecule is O=C(CC[C@H](C(=O)O)c1ccccc1)N[C@H]1CCN(CCCCc2ccc3c(n2)NCCC3)C1. The Labute approximate surface area is 202 Å². The fourth-order valence-corrected chi connectivity index (χ4v) is 5.00. The summed E-state index contributed by atoms with van der Waals surface area (Å²) >= 11 is 0. The molecule has 1 aromatic carbocycles. The maximum atomic E-state index is 12.4. The lowest BCUT2D eigenvalue weighted by molar-refractivity contribution is -0.139. The van der Waals surface area contributed by atoms with Crippen LogP contribution in [0.3, 0.4) is 0 Å². The van der Waals surface area contributed by atoms with Gasteiger partial charge in [-0.05, 0) is 68.7 Å². The molecule has 7 nitrogen and oxygen atoms in total. The monoisotopic (exact) mass is 464 g/mol. The molecule has 0 unspecified atom stereocenters. The van der Waals surface area contributed by atoms with E-state index in [-0.39, 0.29) is 18.4 Å². The molecule has 0 aliphatic carbocycles. The van der Waals surface area contributed by atoms with E-state index in [9.17, 15) is 14.7 Å². The number of anilines is 1. The third-order valence-electron chi connectivity index (χ3n) is 6.91. The van der Waals surface area contributed by atoms with Crippen LogP contribution < -0.4 is 10.6 Å². The minimum absolute atomic E-state index is 0.0545. The number of nitrogens with one attached hydrogen (secondary N) is 2. The zero-order chi connectivity index (χ0) is 23.8. The van der Waals surface area contributed by atoms with E-state index in [1.165, 1.54) is 12.0 Å². The second-order valence-corrected chi connectivity index (χ2v) is 9.49. The van der Waals surface area contributed by atoms with E-state index in [4.69, 9.17) is 4.98 Å². The van der Waals surface area contributed by atoms with Gasteiger partial charge in [0.15, 0.2) is 0 Å². The average Bonchev–Trinajstić information content (AvgIpc) is 3.29. The molecule has 1 fully saturated rings. The van der Waals surface area contributed by atoms with Crippen LogP contribution in [0, 0.1) is 0 Å². The van der Waals surface area contributed by atoms with Crippen molar-refractivity contribution in [3.8, 4) is 0 Å². The number of aliphatic carboxylic acids is 1. The molecule has 0 bridgehead atoms. The summed E-state index contributed by atoms with van der Waals surface area (Å²) in [6.07, 6.45) is 7.01. The molecule has 0 spiro atoms. The number of carboxylic acid groups (broad SMARTS) is 1. The molecule has 3 heterocycles. The molecular formula is C27H36N4O3. The van der Waals surface area contributed by atoms with Crippen molar-refractivity contribution >= 4 is 17.7 Å². The third kappa shape index (κ3) is 6.79. The fourth-order valence-electron chi connectivity index (χ4n) is 5.00. The molecule has 182 valence electrons. The van der Waals surface area contributed by atoms with Crippen molar-refractivity contribution in [1.82, 2.24) is 15.2 Å². The van der Waals surface area contributed by atoms with Crippen molar-refractivity contribution in [3.05, 3.63) is 59.3 Å². The Morgan fingerprint density at radius 1 is 1.18 bits per heavy atom. The summed E-state index contributed by atoms with van der Waals surface area (Å²) in [4.78, 5) is 31.3. The van der Waals surface area contributed by atoms with Gasteiger partial charge in [0.2, 0.25) is 5.91 Å². The van der Waals surface area contributed by atoms with E-state index in [0.717, 1.165) is 75.4 Å². The van der Waals surface area contributed by atoms with Crippen molar-refractivity contribution < 1.29 is 14.7 Å². The Morgan fingerprint density at radius 3 is 2.85 bits per heavy atom. The van der Waals surface area contributed by atoms with Crippen LogP contribution in [0.2, 0.25) is 0 Å². The van der Waals surface area contributed by atoms with Crippen LogP contribution in [0.1, 0.15) is 61.3 Å². The van der Waals surface area contributed by atoms with Crippen molar-refractivity contribution in [2.75, 3.05) is 31.5 Å². The van der Waals surface area contributed by atoms with Gasteiger partial charge in [-0.15, -0.1) is 0 Å². The smallest absolute Gasteiger partial charge is 0.310 e. The summed E-state index contributed by atoms with van der Waals surface area (Å²) in [5, 5.41) is 16.1. The number of amides is 1. The van der Waals surface area contributed by atoms with Crippen LogP contribution >= 0.6 is 0 Å². The molecule has 2 atom stereocenters. The first-order chi connectivity index (χ1) is 16.6. The lowest BCUT2D eigenvalue weighted by Gasteiger charge is -2.18. The van der Waals surface area contributed by atoms with Gasteiger partial charge < -0.3 is 20.6 Å². The first-order valence-corrected chi connectivity index (χ1v) is 12.6. The Balaban J connectivity index is 1.13. The molecule has 0 saturated carbocycles. The highest BCUT2D eigenvalue weighted by Gasteiger charge is 2.25. The minimum Gasteiger partial charge on any atom is -0.481 e. The standard InChI is InChI=1S/C27H36N4O3/c32-25(14-13-24(27(33)34)20-7-2-1-3-8-20)29-23-15-18-31(19-23)17-5-4-10-22-12-11-21-9-6-16-28-26(21)30-22/h1-3,7-8,11-12,23-24H,4-6,9-10,13-19H2,(H,28,30)(H,29,32)(H,33,34)/t23-,24-/m0/s1. The van der Waals surface area contributed by atoms with Gasteiger partial charge in [-0.3, -0.25) is 9.59 Å². The van der Waals surface area contributed by atoms with Crippen molar-refractivity contribution in [2.24, 2.45) is 0 Å². The Morgan fingerprint density at radius 2 is 2.03 bits per heavy atom. The summed E-state index contributed by atoms with van der Waals surface area (Å²) in [5.74, 6) is -0.512. The van der Waals surface area contributed by atoms with Gasteiger partial charge in [0, 0.05) is 37.8 Å².